The van der Waals surface area contributed by atoms with E-state index in [9.17, 15) is 52.6 Å². The van der Waals surface area contributed by atoms with Gasteiger partial charge in [-0.05, 0) is 24.3 Å². The van der Waals surface area contributed by atoms with Crippen molar-refractivity contribution in [3.05, 3.63) is 67.8 Å². The monoisotopic (exact) mass is 637 g/mol. The third kappa shape index (κ3) is 9.41. The molecule has 41 heavy (non-hydrogen) atoms. The number of aliphatic carboxylic acids is 2. The van der Waals surface area contributed by atoms with E-state index in [1.807, 2.05) is 0 Å². The molecule has 2 aromatic carbocycles. The second-order valence-corrected chi connectivity index (χ2v) is 9.63. The maximum Gasteiger partial charge on any atom is 0.325 e. The van der Waals surface area contributed by atoms with Crippen molar-refractivity contribution in [2.24, 2.45) is 0 Å². The Morgan fingerprint density at radius 3 is 1.88 bits per heavy atom. The minimum atomic E-state index is -4.83. The largest absolute Gasteiger partial charge is 0.639 e. The maximum absolute atomic E-state index is 12.7. The molecule has 0 bridgehead atoms. The van der Waals surface area contributed by atoms with E-state index in [1.54, 1.807) is 0 Å². The summed E-state index contributed by atoms with van der Waals surface area (Å²) >= 11 is 0. The number of esters is 2. The Labute approximate surface area is 245 Å². The zero-order chi connectivity index (χ0) is 30.2. The van der Waals surface area contributed by atoms with Crippen molar-refractivity contribution in [2.75, 3.05) is 26.2 Å². The fourth-order valence-corrected chi connectivity index (χ4v) is 4.43. The van der Waals surface area contributed by atoms with Crippen LogP contribution in [-0.4, -0.2) is 93.3 Å². The molecule has 1 radical (unpaired) electrons. The van der Waals surface area contributed by atoms with Gasteiger partial charge in [-0.1, -0.05) is 18.2 Å². The molecule has 0 heterocycles. The smallest absolute Gasteiger partial charge is 0.325 e. The summed E-state index contributed by atoms with van der Waals surface area (Å²) in [6.45, 7) is -2.61. The van der Waals surface area contributed by atoms with E-state index < -0.39 is 88.5 Å². The molecule has 2 aromatic rings. The molecule has 2 rings (SSSR count). The Balaban J connectivity index is 0.00000840. The summed E-state index contributed by atoms with van der Waals surface area (Å²) in [5, 5.41) is 40.2. The average Bonchev–Trinajstić information content (AvgIpc) is 2.87. The predicted molar refractivity (Wildman–Crippen MR) is 133 cm³/mol. The van der Waals surface area contributed by atoms with Gasteiger partial charge < -0.3 is 29.9 Å². The fraction of sp³-hybridized carbons (Fsp3) is 0.250. The number of nitrogens with zero attached hydrogens (tertiary/aromatic N) is 2. The van der Waals surface area contributed by atoms with Gasteiger partial charge in [0, 0.05) is 41.3 Å². The molecule has 2 atom stereocenters. The van der Waals surface area contributed by atoms with Crippen molar-refractivity contribution in [3.8, 4) is 11.5 Å². The van der Waals surface area contributed by atoms with E-state index in [0.717, 1.165) is 21.9 Å². The van der Waals surface area contributed by atoms with Crippen LogP contribution < -0.4 is 0 Å². The van der Waals surface area contributed by atoms with Crippen LogP contribution in [0.3, 0.4) is 0 Å². The van der Waals surface area contributed by atoms with Gasteiger partial charge in [0.25, 0.3) is 22.1 Å². The maximum atomic E-state index is 12.7. The molecule has 0 aromatic heterocycles. The summed E-state index contributed by atoms with van der Waals surface area (Å²) in [6, 6.07) is 4.29. The van der Waals surface area contributed by atoms with E-state index in [1.165, 1.54) is 24.3 Å². The van der Waals surface area contributed by atoms with Crippen LogP contribution in [0.1, 0.15) is 23.2 Å². The van der Waals surface area contributed by atoms with Gasteiger partial charge in [0.05, 0.1) is 18.0 Å². The van der Waals surface area contributed by atoms with Crippen LogP contribution in [0.15, 0.2) is 47.4 Å². The van der Waals surface area contributed by atoms with Gasteiger partial charge in [-0.3, -0.25) is 33.5 Å². The number of aromatic hydroxyl groups is 2. The van der Waals surface area contributed by atoms with Crippen LogP contribution in [0.4, 0.5) is 0 Å². The number of hydrogen-bond donors (Lipinski definition) is 5. The molecule has 1 unspecified atom stereocenters. The number of phenols is 2. The number of benzene rings is 2. The van der Waals surface area contributed by atoms with Crippen LogP contribution in [0.2, 0.25) is 0 Å². The number of carboxylic acid groups (broad SMARTS) is 2. The zero-order valence-electron chi connectivity index (χ0n) is 21.1. The van der Waals surface area contributed by atoms with Gasteiger partial charge in [0.2, 0.25) is 0 Å². The van der Waals surface area contributed by atoms with Crippen molar-refractivity contribution in [1.29, 1.82) is 0 Å². The standard InChI is InChI=1S/C24H26N2O13S.Mn/c1-38-20(31)13-26(21(23(32)33)16-11-14(40(35,36)37)7-8-18(16)28)10-9-25(12-19(29)30)22(24(34)39-2)15-5-3-4-6-17(15)27;/h3-8,11,21-22,27-28H,1-2,9-10,12-13H2,(H,29,30)(H,32,33)(H,35,36,37);/q-2;/t21-,22?;/m0./s1. The van der Waals surface area contributed by atoms with Crippen LogP contribution in [0.5, 0.6) is 11.5 Å². The first-order chi connectivity index (χ1) is 18.7. The molecule has 225 valence electrons. The summed E-state index contributed by atoms with van der Waals surface area (Å²) in [7, 11) is 1.16. The number of ether oxygens (including phenoxy) is 2. The van der Waals surface area contributed by atoms with E-state index in [4.69, 9.17) is 0 Å². The van der Waals surface area contributed by atoms with Crippen LogP contribution in [-0.2, 0) is 55.8 Å². The molecule has 0 aliphatic heterocycles. The number of rotatable bonds is 14. The second kappa shape index (κ2) is 15.3. The van der Waals surface area contributed by atoms with E-state index in [0.29, 0.717) is 6.07 Å². The Kier molecular flexibility index (Phi) is 13.2. The average molecular weight is 637 g/mol. The molecule has 0 fully saturated rings. The molecule has 0 saturated heterocycles. The molecule has 17 heteroatoms. The van der Waals surface area contributed by atoms with Crippen molar-refractivity contribution in [3.63, 3.8) is 0 Å². The second-order valence-electron chi connectivity index (χ2n) is 8.21. The van der Waals surface area contributed by atoms with E-state index in [-0.39, 0.29) is 28.4 Å². The molecular weight excluding hydrogens is 611 g/mol. The van der Waals surface area contributed by atoms with Crippen molar-refractivity contribution in [1.82, 2.24) is 9.80 Å². The number of carbonyl (C=O) groups is 4. The summed E-state index contributed by atoms with van der Waals surface area (Å²) in [5.41, 5.74) is -0.604. The number of carboxylic acids is 2. The number of phenolic OH excluding ortho intramolecular Hbond substituents is 2. The Bertz CT molecular complexity index is 1370. The van der Waals surface area contributed by atoms with Gasteiger partial charge in [-0.2, -0.15) is 22.6 Å². The minimum absolute atomic E-state index is 0. The van der Waals surface area contributed by atoms with Crippen LogP contribution >= 0.6 is 0 Å². The Hall–Kier alpha value is -3.73. The van der Waals surface area contributed by atoms with Crippen molar-refractivity contribution >= 4 is 34.0 Å². The van der Waals surface area contributed by atoms with Gasteiger partial charge in [0.15, 0.2) is 0 Å². The summed E-state index contributed by atoms with van der Waals surface area (Å²) in [5.74, 6) is -6.33. The van der Waals surface area contributed by atoms with Gasteiger partial charge >= 0.3 is 11.9 Å². The van der Waals surface area contributed by atoms with E-state index >= 15 is 0 Å². The van der Waals surface area contributed by atoms with Crippen LogP contribution in [0.25, 0.3) is 0 Å². The normalized spacial score (nSPS) is 12.7. The van der Waals surface area contributed by atoms with Crippen molar-refractivity contribution in [2.45, 2.75) is 17.0 Å². The van der Waals surface area contributed by atoms with E-state index in [2.05, 4.69) is 23.7 Å². The van der Waals surface area contributed by atoms with Crippen molar-refractivity contribution < 1.29 is 79.1 Å². The first-order valence-electron chi connectivity index (χ1n) is 11.1. The third-order valence-electron chi connectivity index (χ3n) is 5.66. The van der Waals surface area contributed by atoms with Gasteiger partial charge in [-0.25, -0.2) is 0 Å². The molecule has 0 saturated carbocycles. The number of carbonyl (C=O) groups excluding carboxylic acids is 2. The molecule has 0 spiro atoms. The molecule has 0 aliphatic rings. The summed E-state index contributed by atoms with van der Waals surface area (Å²) in [6.07, 6.45) is 0. The first-order valence-corrected chi connectivity index (χ1v) is 12.6. The van der Waals surface area contributed by atoms with Gasteiger partial charge in [-0.15, -0.1) is 0 Å². The third-order valence-corrected chi connectivity index (χ3v) is 6.51. The molecule has 15 nitrogen and oxygen atoms in total. The number of para-hydroxylation sites is 1. The minimum Gasteiger partial charge on any atom is -0.639 e. The SMILES string of the molecule is [CH2-]OC(=O)CN(CCN(CC(=O)O)C(C(=O)O[CH2-])c1ccccc1O)[C@H](C(=O)O)c1cc(S(=O)(=O)O)ccc1O.[Mn]. The topological polar surface area (TPSA) is 229 Å². The summed E-state index contributed by atoms with van der Waals surface area (Å²) < 4.78 is 41.6. The van der Waals surface area contributed by atoms with Crippen LogP contribution in [0, 0.1) is 14.2 Å². The molecular formula is C24H26MnN2O13S-2. The molecule has 0 amide bonds. The molecule has 5 N–H and O–H groups in total. The molecule has 0 aliphatic carbocycles. The zero-order valence-corrected chi connectivity index (χ0v) is 23.1. The van der Waals surface area contributed by atoms with Gasteiger partial charge in [0.1, 0.15) is 23.6 Å². The predicted octanol–water partition coefficient (Wildman–Crippen LogP) is 0.567. The number of hydrogen-bond acceptors (Lipinski definition) is 12. The quantitative estimate of drug-likeness (QED) is 0.0825. The first kappa shape index (κ1) is 35.3. The Morgan fingerprint density at radius 1 is 0.829 bits per heavy atom. The summed E-state index contributed by atoms with van der Waals surface area (Å²) in [4.78, 5) is 49.9. The fourth-order valence-electron chi connectivity index (χ4n) is 3.91. The Morgan fingerprint density at radius 2 is 1.39 bits per heavy atom.